The molecule has 132 valence electrons. The molecule has 1 atom stereocenters. The summed E-state index contributed by atoms with van der Waals surface area (Å²) in [5, 5.41) is 6.23. The molecule has 0 unspecified atom stereocenters. The number of carbonyl (C=O) groups is 1. The van der Waals surface area contributed by atoms with E-state index in [1.165, 1.54) is 18.5 Å². The molecule has 3 rings (SSSR count). The van der Waals surface area contributed by atoms with E-state index >= 15 is 0 Å². The van der Waals surface area contributed by atoms with E-state index in [-0.39, 0.29) is 11.9 Å². The summed E-state index contributed by atoms with van der Waals surface area (Å²) in [7, 11) is 0. The van der Waals surface area contributed by atoms with Crippen LogP contribution in [0.15, 0.2) is 36.5 Å². The summed E-state index contributed by atoms with van der Waals surface area (Å²) in [6.07, 6.45) is 4.56. The normalized spacial score (nSPS) is 15.0. The molecule has 2 N–H and O–H groups in total. The number of benzene rings is 1. The SMILES string of the molecule is Cc1nccc(N[C@H](C)CC(=O)Nc2cccc(N3CCCC3)c2)n1. The average molecular weight is 339 g/mol. The summed E-state index contributed by atoms with van der Waals surface area (Å²) in [5.74, 6) is 1.44. The number of aromatic nitrogens is 2. The topological polar surface area (TPSA) is 70.2 Å². The molecule has 0 saturated carbocycles. The van der Waals surface area contributed by atoms with Gasteiger partial charge in [0.15, 0.2) is 0 Å². The largest absolute Gasteiger partial charge is 0.371 e. The Morgan fingerprint density at radius 3 is 2.84 bits per heavy atom. The van der Waals surface area contributed by atoms with Crippen LogP contribution in [0.3, 0.4) is 0 Å². The fourth-order valence-corrected chi connectivity index (χ4v) is 3.09. The molecule has 1 aliphatic heterocycles. The first-order chi connectivity index (χ1) is 12.1. The van der Waals surface area contributed by atoms with Gasteiger partial charge in [-0.05, 0) is 51.0 Å². The lowest BCUT2D eigenvalue weighted by molar-refractivity contribution is -0.116. The molecule has 6 nitrogen and oxygen atoms in total. The molecular weight excluding hydrogens is 314 g/mol. The van der Waals surface area contributed by atoms with Gasteiger partial charge in [0.25, 0.3) is 0 Å². The number of aryl methyl sites for hydroxylation is 1. The van der Waals surface area contributed by atoms with Crippen LogP contribution >= 0.6 is 0 Å². The van der Waals surface area contributed by atoms with E-state index in [4.69, 9.17) is 0 Å². The molecule has 1 aromatic heterocycles. The standard InChI is InChI=1S/C19H25N5O/c1-14(21-18-8-9-20-15(2)22-18)12-19(25)23-16-6-5-7-17(13-16)24-10-3-4-11-24/h5-9,13-14H,3-4,10-12H2,1-2H3,(H,23,25)(H,20,21,22)/t14-/m1/s1. The second-order valence-electron chi connectivity index (χ2n) is 6.53. The molecule has 0 bridgehead atoms. The smallest absolute Gasteiger partial charge is 0.226 e. The first-order valence-corrected chi connectivity index (χ1v) is 8.81. The quantitative estimate of drug-likeness (QED) is 0.846. The highest BCUT2D eigenvalue weighted by Crippen LogP contribution is 2.23. The van der Waals surface area contributed by atoms with Gasteiger partial charge in [-0.25, -0.2) is 9.97 Å². The van der Waals surface area contributed by atoms with Gasteiger partial charge in [-0.2, -0.15) is 0 Å². The van der Waals surface area contributed by atoms with Crippen molar-refractivity contribution in [3.8, 4) is 0 Å². The fraction of sp³-hybridized carbons (Fsp3) is 0.421. The van der Waals surface area contributed by atoms with Crippen LogP contribution in [0.4, 0.5) is 17.2 Å². The van der Waals surface area contributed by atoms with E-state index in [2.05, 4.69) is 37.6 Å². The number of hydrogen-bond donors (Lipinski definition) is 2. The molecule has 2 heterocycles. The van der Waals surface area contributed by atoms with E-state index in [9.17, 15) is 4.79 Å². The lowest BCUT2D eigenvalue weighted by atomic mass is 10.2. The van der Waals surface area contributed by atoms with Gasteiger partial charge in [0.1, 0.15) is 11.6 Å². The molecule has 6 heteroatoms. The van der Waals surface area contributed by atoms with Crippen LogP contribution in [0.1, 0.15) is 32.0 Å². The van der Waals surface area contributed by atoms with Crippen LogP contribution in [0.25, 0.3) is 0 Å². The molecule has 1 fully saturated rings. The summed E-state index contributed by atoms with van der Waals surface area (Å²) in [6, 6.07) is 9.87. The minimum absolute atomic E-state index is 0.00986. The van der Waals surface area contributed by atoms with Crippen LogP contribution in [0.2, 0.25) is 0 Å². The monoisotopic (exact) mass is 339 g/mol. The van der Waals surface area contributed by atoms with Crippen molar-refractivity contribution in [2.75, 3.05) is 28.6 Å². The highest BCUT2D eigenvalue weighted by molar-refractivity contribution is 5.91. The van der Waals surface area contributed by atoms with Gasteiger partial charge >= 0.3 is 0 Å². The molecular formula is C19H25N5O. The molecule has 1 amide bonds. The summed E-state index contributed by atoms with van der Waals surface area (Å²) in [5.41, 5.74) is 2.03. The number of hydrogen-bond acceptors (Lipinski definition) is 5. The Bertz CT molecular complexity index is 727. The van der Waals surface area contributed by atoms with Gasteiger partial charge < -0.3 is 15.5 Å². The second-order valence-corrected chi connectivity index (χ2v) is 6.53. The van der Waals surface area contributed by atoms with Crippen LogP contribution < -0.4 is 15.5 Å². The van der Waals surface area contributed by atoms with E-state index in [1.807, 2.05) is 26.0 Å². The average Bonchev–Trinajstić information content (AvgIpc) is 3.09. The summed E-state index contributed by atoms with van der Waals surface area (Å²) in [6.45, 7) is 6.00. The van der Waals surface area contributed by atoms with Crippen molar-refractivity contribution in [3.05, 3.63) is 42.4 Å². The summed E-state index contributed by atoms with van der Waals surface area (Å²) in [4.78, 5) is 23.0. The minimum atomic E-state index is -0.0175. The molecule has 0 radical (unpaired) electrons. The van der Waals surface area contributed by atoms with Crippen molar-refractivity contribution in [1.82, 2.24) is 9.97 Å². The van der Waals surface area contributed by atoms with Crippen LogP contribution in [-0.2, 0) is 4.79 Å². The van der Waals surface area contributed by atoms with Gasteiger partial charge in [-0.15, -0.1) is 0 Å². The number of anilines is 3. The van der Waals surface area contributed by atoms with Crippen LogP contribution in [0.5, 0.6) is 0 Å². The lowest BCUT2D eigenvalue weighted by Crippen LogP contribution is -2.24. The third kappa shape index (κ3) is 4.92. The number of nitrogens with zero attached hydrogens (tertiary/aromatic N) is 3. The Kier molecular flexibility index (Phi) is 5.48. The van der Waals surface area contributed by atoms with Crippen molar-refractivity contribution < 1.29 is 4.79 Å². The predicted molar refractivity (Wildman–Crippen MR) is 101 cm³/mol. The zero-order chi connectivity index (χ0) is 17.6. The summed E-state index contributed by atoms with van der Waals surface area (Å²) < 4.78 is 0. The number of nitrogens with one attached hydrogen (secondary N) is 2. The fourth-order valence-electron chi connectivity index (χ4n) is 3.09. The zero-order valence-electron chi connectivity index (χ0n) is 14.8. The third-order valence-corrected chi connectivity index (χ3v) is 4.26. The van der Waals surface area contributed by atoms with Crippen LogP contribution in [0, 0.1) is 6.92 Å². The first kappa shape index (κ1) is 17.2. The van der Waals surface area contributed by atoms with Gasteiger partial charge in [0, 0.05) is 43.1 Å². The number of carbonyl (C=O) groups excluding carboxylic acids is 1. The molecule has 2 aromatic rings. The van der Waals surface area contributed by atoms with Gasteiger partial charge in [0.05, 0.1) is 0 Å². The third-order valence-electron chi connectivity index (χ3n) is 4.26. The Morgan fingerprint density at radius 2 is 2.08 bits per heavy atom. The highest BCUT2D eigenvalue weighted by atomic mass is 16.1. The maximum atomic E-state index is 12.3. The molecule has 1 saturated heterocycles. The Labute approximate surface area is 148 Å². The van der Waals surface area contributed by atoms with E-state index < -0.39 is 0 Å². The number of rotatable bonds is 6. The Hall–Kier alpha value is -2.63. The molecule has 0 aliphatic carbocycles. The van der Waals surface area contributed by atoms with Crippen molar-refractivity contribution in [3.63, 3.8) is 0 Å². The minimum Gasteiger partial charge on any atom is -0.371 e. The van der Waals surface area contributed by atoms with Gasteiger partial charge in [-0.1, -0.05) is 6.07 Å². The molecule has 25 heavy (non-hydrogen) atoms. The highest BCUT2D eigenvalue weighted by Gasteiger charge is 2.14. The van der Waals surface area contributed by atoms with Crippen molar-refractivity contribution in [2.45, 2.75) is 39.2 Å². The Balaban J connectivity index is 1.54. The summed E-state index contributed by atoms with van der Waals surface area (Å²) >= 11 is 0. The van der Waals surface area contributed by atoms with Crippen molar-refractivity contribution in [1.29, 1.82) is 0 Å². The maximum absolute atomic E-state index is 12.3. The molecule has 1 aliphatic rings. The molecule has 1 aromatic carbocycles. The van der Waals surface area contributed by atoms with Crippen molar-refractivity contribution >= 4 is 23.1 Å². The lowest BCUT2D eigenvalue weighted by Gasteiger charge is -2.19. The Morgan fingerprint density at radius 1 is 1.28 bits per heavy atom. The van der Waals surface area contributed by atoms with E-state index in [1.54, 1.807) is 12.3 Å². The molecule has 0 spiro atoms. The maximum Gasteiger partial charge on any atom is 0.226 e. The van der Waals surface area contributed by atoms with Crippen molar-refractivity contribution in [2.24, 2.45) is 0 Å². The van der Waals surface area contributed by atoms with Gasteiger partial charge in [-0.3, -0.25) is 4.79 Å². The first-order valence-electron chi connectivity index (χ1n) is 8.81. The van der Waals surface area contributed by atoms with E-state index in [0.717, 1.165) is 24.6 Å². The predicted octanol–water partition coefficient (Wildman–Crippen LogP) is 3.21. The zero-order valence-corrected chi connectivity index (χ0v) is 14.8. The number of amides is 1. The van der Waals surface area contributed by atoms with Gasteiger partial charge in [0.2, 0.25) is 5.91 Å². The van der Waals surface area contributed by atoms with E-state index in [0.29, 0.717) is 12.2 Å². The second kappa shape index (κ2) is 7.96. The van der Waals surface area contributed by atoms with Crippen LogP contribution in [-0.4, -0.2) is 35.0 Å².